The first-order chi connectivity index (χ1) is 10.0. The summed E-state index contributed by atoms with van der Waals surface area (Å²) in [5.74, 6) is -0.362. The fourth-order valence-electron chi connectivity index (χ4n) is 2.82. The number of ether oxygens (including phenoxy) is 1. The monoisotopic (exact) mass is 313 g/mol. The number of rotatable bonds is 5. The number of hydrogen-bond acceptors (Lipinski definition) is 3. The fourth-order valence-corrected chi connectivity index (χ4v) is 4.78. The molecule has 1 saturated carbocycles. The zero-order chi connectivity index (χ0) is 14.9. The minimum atomic E-state index is -3.30. The van der Waals surface area contributed by atoms with Gasteiger partial charge in [0, 0.05) is 18.6 Å². The Hall–Kier alpha value is -0.980. The highest BCUT2D eigenvalue weighted by Crippen LogP contribution is 2.28. The van der Waals surface area contributed by atoms with Crippen molar-refractivity contribution in [2.24, 2.45) is 5.92 Å². The van der Waals surface area contributed by atoms with E-state index >= 15 is 0 Å². The van der Waals surface area contributed by atoms with Gasteiger partial charge in [0.25, 0.3) is 0 Å². The second kappa shape index (κ2) is 6.02. The topological polar surface area (TPSA) is 55.4 Å². The molecule has 2 aliphatic rings. The molecule has 1 aliphatic carbocycles. The summed E-state index contributed by atoms with van der Waals surface area (Å²) in [5.41, 5.74) is 0.943. The lowest BCUT2D eigenvalue weighted by atomic mass is 9.93. The van der Waals surface area contributed by atoms with Crippen molar-refractivity contribution in [3.8, 4) is 0 Å². The fraction of sp³-hybridized carbons (Fsp3) is 0.600. The van der Waals surface area contributed by atoms with E-state index in [0.29, 0.717) is 26.1 Å². The molecule has 0 unspecified atom stereocenters. The van der Waals surface area contributed by atoms with Crippen molar-refractivity contribution >= 4 is 10.0 Å². The lowest BCUT2D eigenvalue weighted by molar-refractivity contribution is 0.0570. The number of benzene rings is 1. The molecule has 116 valence electrons. The zero-order valence-corrected chi connectivity index (χ0v) is 12.6. The minimum Gasteiger partial charge on any atom is -0.381 e. The van der Waals surface area contributed by atoms with Crippen LogP contribution in [0, 0.1) is 11.7 Å². The van der Waals surface area contributed by atoms with E-state index < -0.39 is 15.3 Å². The van der Waals surface area contributed by atoms with E-state index in [1.165, 1.54) is 12.1 Å². The summed E-state index contributed by atoms with van der Waals surface area (Å²) in [6.07, 6.45) is 2.99. The summed E-state index contributed by atoms with van der Waals surface area (Å²) < 4.78 is 46.1. The number of sulfonamides is 1. The lowest BCUT2D eigenvalue weighted by Crippen LogP contribution is -2.45. The second-order valence-electron chi connectivity index (χ2n) is 5.93. The van der Waals surface area contributed by atoms with Crippen LogP contribution in [-0.4, -0.2) is 32.9 Å². The molecule has 4 nitrogen and oxygen atoms in total. The van der Waals surface area contributed by atoms with Gasteiger partial charge in [-0.2, -0.15) is 0 Å². The van der Waals surface area contributed by atoms with Gasteiger partial charge in [-0.05, 0) is 43.4 Å². The molecule has 2 fully saturated rings. The Labute approximate surface area is 124 Å². The average molecular weight is 313 g/mol. The van der Waals surface area contributed by atoms with E-state index in [2.05, 4.69) is 4.72 Å². The Bertz CT molecular complexity index is 583. The van der Waals surface area contributed by atoms with Gasteiger partial charge in [0.15, 0.2) is 0 Å². The molecule has 1 aromatic rings. The molecule has 1 aromatic carbocycles. The summed E-state index contributed by atoms with van der Waals surface area (Å²) >= 11 is 0. The van der Waals surface area contributed by atoms with E-state index in [0.717, 1.165) is 18.4 Å². The predicted molar refractivity (Wildman–Crippen MR) is 77.9 cm³/mol. The highest BCUT2D eigenvalue weighted by molar-refractivity contribution is 7.90. The van der Waals surface area contributed by atoms with Crippen LogP contribution in [-0.2, 0) is 21.2 Å². The van der Waals surface area contributed by atoms with Crippen LogP contribution in [0.2, 0.25) is 0 Å². The molecule has 6 heteroatoms. The van der Waals surface area contributed by atoms with Crippen LogP contribution in [0.1, 0.15) is 24.8 Å². The van der Waals surface area contributed by atoms with Crippen molar-refractivity contribution in [3.63, 3.8) is 0 Å². The van der Waals surface area contributed by atoms with Crippen molar-refractivity contribution in [2.75, 3.05) is 13.2 Å². The van der Waals surface area contributed by atoms with E-state index in [4.69, 9.17) is 4.74 Å². The lowest BCUT2D eigenvalue weighted by Gasteiger charge is -2.31. The maximum absolute atomic E-state index is 13.0. The maximum atomic E-state index is 13.0. The highest BCUT2D eigenvalue weighted by Gasteiger charge is 2.39. The van der Waals surface area contributed by atoms with Gasteiger partial charge >= 0.3 is 0 Å². The molecule has 0 radical (unpaired) electrons. The van der Waals surface area contributed by atoms with Crippen LogP contribution in [0.4, 0.5) is 4.39 Å². The standard InChI is InChI=1S/C15H20FNO3S/c16-13-3-1-11(2-4-13)9-12-10-20-8-7-15(12)21(18,19)17-14-5-6-14/h1-4,12,14-15,17H,5-10H2/t12-,15+/m0/s1. The normalized spacial score (nSPS) is 26.7. The van der Waals surface area contributed by atoms with Gasteiger partial charge in [-0.25, -0.2) is 17.5 Å². The molecular weight excluding hydrogens is 293 g/mol. The van der Waals surface area contributed by atoms with Gasteiger partial charge in [0.2, 0.25) is 10.0 Å². The molecule has 1 N–H and O–H groups in total. The number of halogens is 1. The van der Waals surface area contributed by atoms with Gasteiger partial charge in [-0.3, -0.25) is 0 Å². The van der Waals surface area contributed by atoms with Crippen molar-refractivity contribution in [1.82, 2.24) is 4.72 Å². The van der Waals surface area contributed by atoms with Gasteiger partial charge in [-0.15, -0.1) is 0 Å². The molecule has 1 saturated heterocycles. The Kier molecular flexibility index (Phi) is 4.28. The third-order valence-electron chi connectivity index (χ3n) is 4.12. The predicted octanol–water partition coefficient (Wildman–Crippen LogP) is 1.86. The molecule has 0 bridgehead atoms. The van der Waals surface area contributed by atoms with Gasteiger partial charge in [-0.1, -0.05) is 12.1 Å². The van der Waals surface area contributed by atoms with E-state index in [9.17, 15) is 12.8 Å². The molecule has 0 spiro atoms. The smallest absolute Gasteiger partial charge is 0.215 e. The van der Waals surface area contributed by atoms with Crippen LogP contribution >= 0.6 is 0 Å². The number of nitrogens with one attached hydrogen (secondary N) is 1. The molecule has 2 atom stereocenters. The molecule has 21 heavy (non-hydrogen) atoms. The third kappa shape index (κ3) is 3.81. The van der Waals surface area contributed by atoms with Gasteiger partial charge in [0.05, 0.1) is 11.9 Å². The first kappa shape index (κ1) is 14.9. The van der Waals surface area contributed by atoms with Gasteiger partial charge in [0.1, 0.15) is 5.82 Å². The Morgan fingerprint density at radius 3 is 2.57 bits per heavy atom. The van der Waals surface area contributed by atoms with E-state index in [1.807, 2.05) is 0 Å². The van der Waals surface area contributed by atoms with E-state index in [-0.39, 0.29) is 17.8 Å². The first-order valence-electron chi connectivity index (χ1n) is 7.38. The van der Waals surface area contributed by atoms with Crippen molar-refractivity contribution < 1.29 is 17.5 Å². The largest absolute Gasteiger partial charge is 0.381 e. The van der Waals surface area contributed by atoms with Crippen molar-refractivity contribution in [2.45, 2.75) is 37.0 Å². The zero-order valence-electron chi connectivity index (χ0n) is 11.8. The maximum Gasteiger partial charge on any atom is 0.215 e. The van der Waals surface area contributed by atoms with Crippen molar-refractivity contribution in [1.29, 1.82) is 0 Å². The summed E-state index contributed by atoms with van der Waals surface area (Å²) in [7, 11) is -3.30. The Morgan fingerprint density at radius 1 is 1.19 bits per heavy atom. The quantitative estimate of drug-likeness (QED) is 0.902. The average Bonchev–Trinajstić information content (AvgIpc) is 3.25. The molecular formula is C15H20FNO3S. The van der Waals surface area contributed by atoms with Crippen LogP contribution in [0.15, 0.2) is 24.3 Å². The van der Waals surface area contributed by atoms with Crippen LogP contribution in [0.25, 0.3) is 0 Å². The van der Waals surface area contributed by atoms with E-state index in [1.54, 1.807) is 12.1 Å². The molecule has 3 rings (SSSR count). The molecule has 0 amide bonds. The molecule has 1 aliphatic heterocycles. The molecule has 1 heterocycles. The summed E-state index contributed by atoms with van der Waals surface area (Å²) in [6.45, 7) is 0.920. The van der Waals surface area contributed by atoms with Crippen molar-refractivity contribution in [3.05, 3.63) is 35.6 Å². The first-order valence-corrected chi connectivity index (χ1v) is 8.92. The third-order valence-corrected chi connectivity index (χ3v) is 6.20. The molecule has 0 aromatic heterocycles. The van der Waals surface area contributed by atoms with Crippen LogP contribution in [0.3, 0.4) is 0 Å². The van der Waals surface area contributed by atoms with Crippen LogP contribution in [0.5, 0.6) is 0 Å². The SMILES string of the molecule is O=S(=O)(NC1CC1)[C@@H]1CCOC[C@@H]1Cc1ccc(F)cc1. The Balaban J connectivity index is 1.72. The second-order valence-corrected chi connectivity index (χ2v) is 7.86. The summed E-state index contributed by atoms with van der Waals surface area (Å²) in [5, 5.41) is -0.420. The minimum absolute atomic E-state index is 0.0829. The highest BCUT2D eigenvalue weighted by atomic mass is 32.2. The summed E-state index contributed by atoms with van der Waals surface area (Å²) in [4.78, 5) is 0. The summed E-state index contributed by atoms with van der Waals surface area (Å²) in [6, 6.07) is 6.36. The Morgan fingerprint density at radius 2 is 1.90 bits per heavy atom. The number of hydrogen-bond donors (Lipinski definition) is 1. The van der Waals surface area contributed by atoms with Gasteiger partial charge < -0.3 is 4.74 Å². The van der Waals surface area contributed by atoms with Crippen LogP contribution < -0.4 is 4.72 Å².